The van der Waals surface area contributed by atoms with Gasteiger partial charge in [-0.2, -0.15) is 0 Å². The maximum Gasteiger partial charge on any atom is 0.247 e. The van der Waals surface area contributed by atoms with Gasteiger partial charge in [0, 0.05) is 30.6 Å². The summed E-state index contributed by atoms with van der Waals surface area (Å²) >= 11 is 0. The Morgan fingerprint density at radius 2 is 2.00 bits per heavy atom. The minimum atomic E-state index is 0.106. The highest BCUT2D eigenvalue weighted by atomic mass is 16.1. The maximum absolute atomic E-state index is 12.0. The van der Waals surface area contributed by atoms with Gasteiger partial charge in [-0.1, -0.05) is 30.3 Å². The van der Waals surface area contributed by atoms with Crippen molar-refractivity contribution in [1.29, 1.82) is 0 Å². The van der Waals surface area contributed by atoms with Gasteiger partial charge in [0.05, 0.1) is 0 Å². The summed E-state index contributed by atoms with van der Waals surface area (Å²) < 4.78 is 0. The van der Waals surface area contributed by atoms with E-state index in [4.69, 9.17) is 0 Å². The summed E-state index contributed by atoms with van der Waals surface area (Å²) in [5, 5.41) is 6.29. The minimum absolute atomic E-state index is 0.106. The zero-order valence-electron chi connectivity index (χ0n) is 10.6. The van der Waals surface area contributed by atoms with E-state index in [0.29, 0.717) is 12.0 Å². The number of hydrogen-bond donors (Lipinski definition) is 2. The van der Waals surface area contributed by atoms with E-state index in [1.54, 1.807) is 0 Å². The maximum atomic E-state index is 12.0. The molecule has 1 saturated carbocycles. The van der Waals surface area contributed by atoms with E-state index < -0.39 is 0 Å². The van der Waals surface area contributed by atoms with Crippen LogP contribution < -0.4 is 10.6 Å². The number of carbonyl (C=O) groups is 1. The Morgan fingerprint density at radius 3 is 2.61 bits per heavy atom. The van der Waals surface area contributed by atoms with E-state index >= 15 is 0 Å². The second-order valence-corrected chi connectivity index (χ2v) is 5.16. The first kappa shape index (κ1) is 11.5. The van der Waals surface area contributed by atoms with Gasteiger partial charge >= 0.3 is 0 Å². The van der Waals surface area contributed by atoms with Crippen molar-refractivity contribution in [3.63, 3.8) is 0 Å². The van der Waals surface area contributed by atoms with Crippen molar-refractivity contribution in [2.75, 3.05) is 13.1 Å². The molecule has 0 radical (unpaired) electrons. The lowest BCUT2D eigenvalue weighted by molar-refractivity contribution is -0.117. The Labute approximate surface area is 107 Å². The van der Waals surface area contributed by atoms with Gasteiger partial charge < -0.3 is 10.6 Å². The number of rotatable bonds is 3. The van der Waals surface area contributed by atoms with Gasteiger partial charge in [0.15, 0.2) is 0 Å². The highest BCUT2D eigenvalue weighted by Crippen LogP contribution is 2.40. The standard InChI is InChI=1S/C15H18N2O/c1-10(12-8-16-9-12)15(18)17-14-7-13(14)11-5-3-2-4-6-11/h2-6,13-14,16H,7-9H2,1H3,(H,17,18). The smallest absolute Gasteiger partial charge is 0.247 e. The van der Waals surface area contributed by atoms with Crippen molar-refractivity contribution in [3.05, 3.63) is 47.0 Å². The normalized spacial score (nSPS) is 25.3. The van der Waals surface area contributed by atoms with Gasteiger partial charge in [-0.15, -0.1) is 0 Å². The average Bonchev–Trinajstić information content (AvgIpc) is 3.07. The Hall–Kier alpha value is -1.61. The van der Waals surface area contributed by atoms with Crippen molar-refractivity contribution in [2.24, 2.45) is 0 Å². The largest absolute Gasteiger partial charge is 0.349 e. The van der Waals surface area contributed by atoms with Crippen molar-refractivity contribution >= 4 is 5.91 Å². The molecule has 1 saturated heterocycles. The van der Waals surface area contributed by atoms with Gasteiger partial charge in [0.2, 0.25) is 5.91 Å². The molecule has 0 aromatic heterocycles. The fourth-order valence-electron chi connectivity index (χ4n) is 2.38. The van der Waals surface area contributed by atoms with Crippen LogP contribution in [0.3, 0.4) is 0 Å². The van der Waals surface area contributed by atoms with Crippen LogP contribution in [-0.4, -0.2) is 25.0 Å². The second kappa shape index (κ2) is 4.58. The number of benzene rings is 1. The first-order valence-electron chi connectivity index (χ1n) is 6.51. The number of amides is 1. The zero-order chi connectivity index (χ0) is 12.5. The van der Waals surface area contributed by atoms with E-state index in [1.807, 2.05) is 13.0 Å². The molecule has 2 N–H and O–H groups in total. The van der Waals surface area contributed by atoms with Crippen LogP contribution in [0.15, 0.2) is 41.5 Å². The van der Waals surface area contributed by atoms with Crippen molar-refractivity contribution in [1.82, 2.24) is 10.6 Å². The highest BCUT2D eigenvalue weighted by Gasteiger charge is 2.39. The number of nitrogens with one attached hydrogen (secondary N) is 2. The molecule has 1 amide bonds. The molecule has 1 aliphatic heterocycles. The summed E-state index contributed by atoms with van der Waals surface area (Å²) in [6.07, 6.45) is 1.07. The first-order chi connectivity index (χ1) is 8.75. The van der Waals surface area contributed by atoms with E-state index in [9.17, 15) is 4.79 Å². The molecule has 2 aliphatic rings. The van der Waals surface area contributed by atoms with Crippen molar-refractivity contribution in [3.8, 4) is 0 Å². The van der Waals surface area contributed by atoms with Gasteiger partial charge in [-0.25, -0.2) is 0 Å². The SMILES string of the molecule is CC(C(=O)NC1CC1c1ccccc1)=C1CNC1. The second-order valence-electron chi connectivity index (χ2n) is 5.16. The Kier molecular flexibility index (Phi) is 2.92. The molecular weight excluding hydrogens is 224 g/mol. The summed E-state index contributed by atoms with van der Waals surface area (Å²) in [6.45, 7) is 3.66. The molecule has 0 spiro atoms. The molecular formula is C15H18N2O. The van der Waals surface area contributed by atoms with Crippen LogP contribution in [0.1, 0.15) is 24.8 Å². The molecule has 1 aliphatic carbocycles. The average molecular weight is 242 g/mol. The van der Waals surface area contributed by atoms with E-state index in [2.05, 4.69) is 34.9 Å². The fourth-order valence-corrected chi connectivity index (χ4v) is 2.38. The monoisotopic (exact) mass is 242 g/mol. The van der Waals surface area contributed by atoms with Crippen molar-refractivity contribution in [2.45, 2.75) is 25.3 Å². The van der Waals surface area contributed by atoms with Crippen molar-refractivity contribution < 1.29 is 4.79 Å². The van der Waals surface area contributed by atoms with Gasteiger partial charge in [0.1, 0.15) is 0 Å². The lowest BCUT2D eigenvalue weighted by atomic mass is 10.0. The van der Waals surface area contributed by atoms with Crippen LogP contribution in [-0.2, 0) is 4.79 Å². The van der Waals surface area contributed by atoms with Crippen LogP contribution >= 0.6 is 0 Å². The summed E-state index contributed by atoms with van der Waals surface area (Å²) in [5.74, 6) is 0.613. The highest BCUT2D eigenvalue weighted by molar-refractivity contribution is 5.94. The third kappa shape index (κ3) is 2.18. The van der Waals surface area contributed by atoms with Crippen LogP contribution in [0.5, 0.6) is 0 Å². The third-order valence-corrected chi connectivity index (χ3v) is 3.88. The third-order valence-electron chi connectivity index (χ3n) is 3.88. The van der Waals surface area contributed by atoms with Gasteiger partial charge in [0.25, 0.3) is 0 Å². The predicted molar refractivity (Wildman–Crippen MR) is 71.3 cm³/mol. The molecule has 2 unspecified atom stereocenters. The predicted octanol–water partition coefficient (Wildman–Crippen LogP) is 1.58. The summed E-state index contributed by atoms with van der Waals surface area (Å²) in [6, 6.07) is 10.7. The number of carbonyl (C=O) groups excluding carboxylic acids is 1. The molecule has 1 aromatic carbocycles. The van der Waals surface area contributed by atoms with E-state index in [0.717, 1.165) is 25.1 Å². The summed E-state index contributed by atoms with van der Waals surface area (Å²) in [5.41, 5.74) is 3.47. The summed E-state index contributed by atoms with van der Waals surface area (Å²) in [7, 11) is 0. The molecule has 1 aromatic rings. The molecule has 94 valence electrons. The molecule has 3 rings (SSSR count). The van der Waals surface area contributed by atoms with Crippen LogP contribution in [0.2, 0.25) is 0 Å². The van der Waals surface area contributed by atoms with Crippen LogP contribution in [0.4, 0.5) is 0 Å². The molecule has 18 heavy (non-hydrogen) atoms. The molecule has 0 bridgehead atoms. The Balaban J connectivity index is 1.58. The van der Waals surface area contributed by atoms with Crippen LogP contribution in [0.25, 0.3) is 0 Å². The van der Waals surface area contributed by atoms with Gasteiger partial charge in [-0.3, -0.25) is 4.79 Å². The topological polar surface area (TPSA) is 41.1 Å². The Bertz CT molecular complexity index is 486. The lowest BCUT2D eigenvalue weighted by Crippen LogP contribution is -2.38. The van der Waals surface area contributed by atoms with Crippen LogP contribution in [0, 0.1) is 0 Å². The minimum Gasteiger partial charge on any atom is -0.349 e. The lowest BCUT2D eigenvalue weighted by Gasteiger charge is -2.21. The van der Waals surface area contributed by atoms with Gasteiger partial charge in [-0.05, 0) is 24.5 Å². The Morgan fingerprint density at radius 1 is 1.28 bits per heavy atom. The molecule has 2 atom stereocenters. The van der Waals surface area contributed by atoms with E-state index in [-0.39, 0.29) is 5.91 Å². The summed E-state index contributed by atoms with van der Waals surface area (Å²) in [4.78, 5) is 12.0. The first-order valence-corrected chi connectivity index (χ1v) is 6.51. The molecule has 1 heterocycles. The molecule has 3 heteroatoms. The number of hydrogen-bond acceptors (Lipinski definition) is 2. The van der Waals surface area contributed by atoms with E-state index in [1.165, 1.54) is 11.1 Å². The zero-order valence-corrected chi connectivity index (χ0v) is 10.6. The molecule has 2 fully saturated rings. The fraction of sp³-hybridized carbons (Fsp3) is 0.400. The molecule has 3 nitrogen and oxygen atoms in total. The quantitative estimate of drug-likeness (QED) is 0.790.